The molecule has 1 aliphatic carbocycles. The van der Waals surface area contributed by atoms with Gasteiger partial charge in [-0.25, -0.2) is 0 Å². The molecule has 6 nitrogen and oxygen atoms in total. The minimum absolute atomic E-state index is 0.170. The zero-order valence-electron chi connectivity index (χ0n) is 20.8. The van der Waals surface area contributed by atoms with E-state index in [0.717, 1.165) is 49.2 Å². The van der Waals surface area contributed by atoms with Crippen LogP contribution in [-0.4, -0.2) is 45.2 Å². The van der Waals surface area contributed by atoms with Crippen LogP contribution < -0.4 is 0 Å². The Labute approximate surface area is 203 Å². The van der Waals surface area contributed by atoms with Crippen molar-refractivity contribution in [3.05, 3.63) is 22.8 Å². The first-order chi connectivity index (χ1) is 15.6. The van der Waals surface area contributed by atoms with Crippen LogP contribution in [0.4, 0.5) is 0 Å². The van der Waals surface area contributed by atoms with E-state index in [9.17, 15) is 19.8 Å². The standard InChI is InChI=1S/C26H44O6S/c1-5-7-10-16-26(3,4)22(28)15-14-19-20(27)18-21(32-24(31)12-6-2)25(19)33-17-11-8-9-13-23(29)30/h14-15,19-20,22,27-28H,5-13,16-18H2,1-4H3,(H,29,30)/b15-14+/t19-,20+,22-/m0/s1. The van der Waals surface area contributed by atoms with Gasteiger partial charge in [0, 0.05) is 30.1 Å². The molecule has 0 aromatic rings. The van der Waals surface area contributed by atoms with E-state index >= 15 is 0 Å². The van der Waals surface area contributed by atoms with Crippen LogP contribution in [0, 0.1) is 11.3 Å². The highest BCUT2D eigenvalue weighted by Crippen LogP contribution is 2.42. The van der Waals surface area contributed by atoms with Crippen molar-refractivity contribution in [3.8, 4) is 0 Å². The second-order valence-electron chi connectivity index (χ2n) is 9.64. The predicted octanol–water partition coefficient (Wildman–Crippen LogP) is 5.82. The first kappa shape index (κ1) is 29.7. The number of carboxylic acid groups (broad SMARTS) is 1. The quantitative estimate of drug-likeness (QED) is 0.136. The fourth-order valence-corrected chi connectivity index (χ4v) is 5.14. The molecule has 190 valence electrons. The van der Waals surface area contributed by atoms with E-state index in [1.54, 1.807) is 17.8 Å². The van der Waals surface area contributed by atoms with Crippen LogP contribution in [0.2, 0.25) is 0 Å². The maximum absolute atomic E-state index is 12.1. The first-order valence-corrected chi connectivity index (χ1v) is 13.4. The zero-order chi connectivity index (χ0) is 24.9. The van der Waals surface area contributed by atoms with E-state index in [1.165, 1.54) is 0 Å². The molecule has 0 saturated carbocycles. The molecule has 0 fully saturated rings. The monoisotopic (exact) mass is 484 g/mol. The summed E-state index contributed by atoms with van der Waals surface area (Å²) in [4.78, 5) is 23.6. The Morgan fingerprint density at radius 1 is 1.12 bits per heavy atom. The second kappa shape index (κ2) is 15.6. The summed E-state index contributed by atoms with van der Waals surface area (Å²) in [6.07, 6.45) is 10.4. The van der Waals surface area contributed by atoms with Gasteiger partial charge in [0.25, 0.3) is 0 Å². The Bertz CT molecular complexity index is 670. The van der Waals surface area contributed by atoms with Crippen LogP contribution in [0.3, 0.4) is 0 Å². The van der Waals surface area contributed by atoms with Gasteiger partial charge in [-0.05, 0) is 36.9 Å². The van der Waals surface area contributed by atoms with Crippen molar-refractivity contribution in [2.45, 2.75) is 111 Å². The SMILES string of the molecule is CCCCCC(C)(C)[C@@H](O)/C=C/[C@@H]1C(SCCCCCC(=O)O)=C(OC(=O)CCC)C[C@H]1O. The summed E-state index contributed by atoms with van der Waals surface area (Å²) in [5, 5.41) is 30.3. The highest BCUT2D eigenvalue weighted by Gasteiger charge is 2.35. The topological polar surface area (TPSA) is 104 Å². The Hall–Kier alpha value is -1.31. The third-order valence-corrected chi connectivity index (χ3v) is 7.40. The second-order valence-corrected chi connectivity index (χ2v) is 10.8. The summed E-state index contributed by atoms with van der Waals surface area (Å²) in [6.45, 7) is 8.20. The summed E-state index contributed by atoms with van der Waals surface area (Å²) in [6, 6.07) is 0. The molecule has 0 aromatic carbocycles. The average molecular weight is 485 g/mol. The van der Waals surface area contributed by atoms with E-state index < -0.39 is 18.2 Å². The van der Waals surface area contributed by atoms with Gasteiger partial charge in [0.15, 0.2) is 0 Å². The Kier molecular flexibility index (Phi) is 14.0. The van der Waals surface area contributed by atoms with Gasteiger partial charge in [-0.1, -0.05) is 65.5 Å². The summed E-state index contributed by atoms with van der Waals surface area (Å²) in [5.74, 6) is -0.106. The minimum atomic E-state index is -0.782. The Morgan fingerprint density at radius 3 is 2.48 bits per heavy atom. The van der Waals surface area contributed by atoms with Crippen molar-refractivity contribution in [1.29, 1.82) is 0 Å². The summed E-state index contributed by atoms with van der Waals surface area (Å²) >= 11 is 1.56. The molecule has 7 heteroatoms. The molecular formula is C26H44O6S. The van der Waals surface area contributed by atoms with Crippen molar-refractivity contribution in [2.75, 3.05) is 5.75 Å². The zero-order valence-corrected chi connectivity index (χ0v) is 21.7. The van der Waals surface area contributed by atoms with Gasteiger partial charge in [-0.2, -0.15) is 0 Å². The number of thioether (sulfide) groups is 1. The lowest BCUT2D eigenvalue weighted by molar-refractivity contribution is -0.140. The number of ether oxygens (including phenoxy) is 1. The summed E-state index contributed by atoms with van der Waals surface area (Å²) < 4.78 is 5.60. The number of aliphatic carboxylic acids is 1. The number of carbonyl (C=O) groups excluding carboxylic acids is 1. The van der Waals surface area contributed by atoms with Crippen LogP contribution >= 0.6 is 11.8 Å². The lowest BCUT2D eigenvalue weighted by Gasteiger charge is -2.29. The molecule has 0 bridgehead atoms. The fourth-order valence-electron chi connectivity index (χ4n) is 3.86. The van der Waals surface area contributed by atoms with Crippen LogP contribution in [0.1, 0.15) is 98.3 Å². The van der Waals surface area contributed by atoms with E-state index in [0.29, 0.717) is 25.0 Å². The van der Waals surface area contributed by atoms with E-state index in [4.69, 9.17) is 9.84 Å². The molecule has 0 spiro atoms. The Morgan fingerprint density at radius 2 is 1.85 bits per heavy atom. The fraction of sp³-hybridized carbons (Fsp3) is 0.769. The molecule has 3 atom stereocenters. The van der Waals surface area contributed by atoms with Gasteiger partial charge >= 0.3 is 11.9 Å². The maximum atomic E-state index is 12.1. The van der Waals surface area contributed by atoms with Gasteiger partial charge in [0.2, 0.25) is 0 Å². The third kappa shape index (κ3) is 11.1. The molecular weight excluding hydrogens is 440 g/mol. The molecule has 0 aromatic heterocycles. The van der Waals surface area contributed by atoms with Gasteiger partial charge in [-0.15, -0.1) is 11.8 Å². The average Bonchev–Trinajstić information content (AvgIpc) is 3.02. The van der Waals surface area contributed by atoms with Crippen LogP contribution in [0.5, 0.6) is 0 Å². The van der Waals surface area contributed by atoms with Gasteiger partial charge in [0.1, 0.15) is 5.76 Å². The molecule has 0 unspecified atom stereocenters. The summed E-state index contributed by atoms with van der Waals surface area (Å²) in [5.41, 5.74) is -0.257. The van der Waals surface area contributed by atoms with Crippen LogP contribution in [0.25, 0.3) is 0 Å². The van der Waals surface area contributed by atoms with Crippen molar-refractivity contribution < 1.29 is 29.6 Å². The lowest BCUT2D eigenvalue weighted by Crippen LogP contribution is -2.28. The smallest absolute Gasteiger partial charge is 0.310 e. The maximum Gasteiger partial charge on any atom is 0.310 e. The van der Waals surface area contributed by atoms with Gasteiger partial charge in [-0.3, -0.25) is 9.59 Å². The number of aliphatic hydroxyl groups excluding tert-OH is 2. The van der Waals surface area contributed by atoms with Crippen molar-refractivity contribution in [1.82, 2.24) is 0 Å². The minimum Gasteiger partial charge on any atom is -0.481 e. The Balaban J connectivity index is 2.87. The van der Waals surface area contributed by atoms with E-state index in [-0.39, 0.29) is 30.1 Å². The molecule has 0 saturated heterocycles. The summed E-state index contributed by atoms with van der Waals surface area (Å²) in [7, 11) is 0. The number of rotatable bonds is 17. The van der Waals surface area contributed by atoms with Gasteiger partial charge in [0.05, 0.1) is 12.2 Å². The van der Waals surface area contributed by atoms with E-state index in [2.05, 4.69) is 20.8 Å². The van der Waals surface area contributed by atoms with Crippen LogP contribution in [0.15, 0.2) is 22.8 Å². The highest BCUT2D eigenvalue weighted by atomic mass is 32.2. The number of hydrogen-bond acceptors (Lipinski definition) is 6. The number of carbonyl (C=O) groups is 2. The van der Waals surface area contributed by atoms with E-state index in [1.807, 2.05) is 13.0 Å². The van der Waals surface area contributed by atoms with Gasteiger partial charge < -0.3 is 20.1 Å². The number of esters is 1. The van der Waals surface area contributed by atoms with Crippen molar-refractivity contribution >= 4 is 23.7 Å². The molecule has 0 heterocycles. The molecule has 3 N–H and O–H groups in total. The predicted molar refractivity (Wildman–Crippen MR) is 134 cm³/mol. The number of unbranched alkanes of at least 4 members (excludes halogenated alkanes) is 4. The molecule has 1 aliphatic rings. The number of aliphatic hydroxyl groups is 2. The largest absolute Gasteiger partial charge is 0.481 e. The third-order valence-electron chi connectivity index (χ3n) is 6.10. The molecule has 0 amide bonds. The van der Waals surface area contributed by atoms with Crippen molar-refractivity contribution in [3.63, 3.8) is 0 Å². The lowest BCUT2D eigenvalue weighted by atomic mass is 9.81. The number of hydrogen-bond donors (Lipinski definition) is 3. The number of carboxylic acids is 1. The first-order valence-electron chi connectivity index (χ1n) is 12.4. The van der Waals surface area contributed by atoms with Crippen LogP contribution in [-0.2, 0) is 14.3 Å². The molecule has 33 heavy (non-hydrogen) atoms. The molecule has 0 aliphatic heterocycles. The van der Waals surface area contributed by atoms with Crippen molar-refractivity contribution in [2.24, 2.45) is 11.3 Å². The highest BCUT2D eigenvalue weighted by molar-refractivity contribution is 8.03. The molecule has 1 rings (SSSR count). The molecule has 0 radical (unpaired) electrons. The normalized spacial score (nSPS) is 19.9.